The summed E-state index contributed by atoms with van der Waals surface area (Å²) in [6.07, 6.45) is 11.9. The Morgan fingerprint density at radius 3 is 2.62 bits per heavy atom. The van der Waals surface area contributed by atoms with Crippen molar-refractivity contribution in [3.05, 3.63) is 53.6 Å². The van der Waals surface area contributed by atoms with E-state index in [0.29, 0.717) is 23.4 Å². The van der Waals surface area contributed by atoms with Gasteiger partial charge in [0.2, 0.25) is 5.88 Å². The van der Waals surface area contributed by atoms with E-state index in [2.05, 4.69) is 39.2 Å². The van der Waals surface area contributed by atoms with Crippen LogP contribution in [0, 0.1) is 12.3 Å². The van der Waals surface area contributed by atoms with Crippen LogP contribution in [0.3, 0.4) is 0 Å². The Labute approximate surface area is 191 Å². The zero-order chi connectivity index (χ0) is 22.9. The third-order valence-corrected chi connectivity index (χ3v) is 6.75. The molecule has 0 bridgehead atoms. The molecule has 1 saturated carbocycles. The lowest BCUT2D eigenvalue weighted by atomic mass is 9.76. The number of pyridine rings is 1. The smallest absolute Gasteiger partial charge is 0.217 e. The molecule has 1 aliphatic carbocycles. The highest BCUT2D eigenvalue weighted by molar-refractivity contribution is 7.92. The van der Waals surface area contributed by atoms with Crippen LogP contribution in [0.1, 0.15) is 56.4 Å². The van der Waals surface area contributed by atoms with Gasteiger partial charge >= 0.3 is 0 Å². The summed E-state index contributed by atoms with van der Waals surface area (Å²) in [6.45, 7) is 6.68. The fourth-order valence-electron chi connectivity index (χ4n) is 4.39. The minimum atomic E-state index is -2.24. The van der Waals surface area contributed by atoms with Gasteiger partial charge in [0.25, 0.3) is 0 Å². The van der Waals surface area contributed by atoms with Crippen molar-refractivity contribution in [3.8, 4) is 5.88 Å². The molecule has 170 valence electrons. The van der Waals surface area contributed by atoms with Crippen LogP contribution in [0.5, 0.6) is 5.88 Å². The number of ether oxygens (including phenoxy) is 1. The summed E-state index contributed by atoms with van der Waals surface area (Å²) in [4.78, 5) is 13.6. The van der Waals surface area contributed by atoms with Crippen LogP contribution in [0.25, 0.3) is 10.9 Å². The van der Waals surface area contributed by atoms with E-state index < -0.39 is 9.73 Å². The first-order chi connectivity index (χ1) is 15.1. The maximum absolute atomic E-state index is 12.1. The Balaban J connectivity index is 1.64. The number of hydrogen-bond donors (Lipinski definition) is 0. The van der Waals surface area contributed by atoms with Crippen molar-refractivity contribution >= 4 is 26.3 Å². The third-order valence-electron chi connectivity index (χ3n) is 6.10. The zero-order valence-electron chi connectivity index (χ0n) is 19.6. The Kier molecular flexibility index (Phi) is 6.21. The molecule has 1 aliphatic rings. The van der Waals surface area contributed by atoms with Crippen LogP contribution in [0.15, 0.2) is 41.2 Å². The van der Waals surface area contributed by atoms with E-state index in [1.165, 1.54) is 12.8 Å². The summed E-state index contributed by atoms with van der Waals surface area (Å²) < 4.78 is 22.8. The standard InChI is InChI=1S/C25H32N4O2S/c1-17-13-19(29-32(4,5)30)15-22-23(17)21(27-16-28-22)14-18-7-6-12-26-24(18)31-20-8-10-25(2,3)11-9-20/h6-7,12-13,15-16,20H,8-11,14H2,1-5H3. The molecule has 0 saturated heterocycles. The second-order valence-electron chi connectivity index (χ2n) is 9.88. The molecule has 0 radical (unpaired) electrons. The minimum absolute atomic E-state index is 0.211. The Bertz CT molecular complexity index is 1240. The number of rotatable bonds is 5. The van der Waals surface area contributed by atoms with Gasteiger partial charge in [-0.2, -0.15) is 4.36 Å². The van der Waals surface area contributed by atoms with Crippen LogP contribution in [-0.4, -0.2) is 37.8 Å². The monoisotopic (exact) mass is 452 g/mol. The molecule has 6 nitrogen and oxygen atoms in total. The van der Waals surface area contributed by atoms with Crippen molar-refractivity contribution in [1.29, 1.82) is 0 Å². The van der Waals surface area contributed by atoms with Crippen LogP contribution in [0.2, 0.25) is 0 Å². The molecule has 32 heavy (non-hydrogen) atoms. The van der Waals surface area contributed by atoms with Gasteiger partial charge in [0, 0.05) is 45.8 Å². The highest BCUT2D eigenvalue weighted by atomic mass is 32.2. The van der Waals surface area contributed by atoms with Crippen LogP contribution in [-0.2, 0) is 16.1 Å². The van der Waals surface area contributed by atoms with Crippen molar-refractivity contribution in [3.63, 3.8) is 0 Å². The second kappa shape index (κ2) is 8.77. The maximum atomic E-state index is 12.1. The fourth-order valence-corrected chi connectivity index (χ4v) is 5.00. The molecule has 0 atom stereocenters. The Hall–Kier alpha value is -2.54. The molecule has 3 aromatic rings. The largest absolute Gasteiger partial charge is 0.474 e. The molecule has 0 unspecified atom stereocenters. The van der Waals surface area contributed by atoms with Gasteiger partial charge in [0.1, 0.15) is 12.4 Å². The quantitative estimate of drug-likeness (QED) is 0.501. The van der Waals surface area contributed by atoms with Crippen LogP contribution >= 0.6 is 0 Å². The number of benzene rings is 1. The fraction of sp³-hybridized carbons (Fsp3) is 0.480. The topological polar surface area (TPSA) is 77.3 Å². The van der Waals surface area contributed by atoms with Gasteiger partial charge < -0.3 is 4.74 Å². The van der Waals surface area contributed by atoms with E-state index in [4.69, 9.17) is 4.74 Å². The van der Waals surface area contributed by atoms with E-state index in [9.17, 15) is 4.21 Å². The van der Waals surface area contributed by atoms with Crippen molar-refractivity contribution in [2.45, 2.75) is 59.0 Å². The van der Waals surface area contributed by atoms with E-state index in [-0.39, 0.29) is 6.10 Å². The third kappa shape index (κ3) is 5.44. The number of hydrogen-bond acceptors (Lipinski definition) is 6. The van der Waals surface area contributed by atoms with E-state index in [1.807, 2.05) is 25.1 Å². The molecule has 1 aromatic carbocycles. The SMILES string of the molecule is Cc1cc(N=S(C)(C)=O)cc2ncnc(Cc3cccnc3OC3CCC(C)(C)CC3)c12. The molecule has 1 fully saturated rings. The molecule has 2 aromatic heterocycles. The molecule has 7 heteroatoms. The van der Waals surface area contributed by atoms with Gasteiger partial charge in [-0.1, -0.05) is 19.9 Å². The van der Waals surface area contributed by atoms with E-state index >= 15 is 0 Å². The van der Waals surface area contributed by atoms with E-state index in [0.717, 1.165) is 40.6 Å². The molecular weight excluding hydrogens is 420 g/mol. The first-order valence-corrected chi connectivity index (χ1v) is 13.4. The molecule has 0 spiro atoms. The van der Waals surface area contributed by atoms with Gasteiger partial charge in [-0.25, -0.2) is 19.2 Å². The summed E-state index contributed by atoms with van der Waals surface area (Å²) in [5.41, 5.74) is 4.85. The number of aromatic nitrogens is 3. The lowest BCUT2D eigenvalue weighted by Crippen LogP contribution is -2.28. The summed E-state index contributed by atoms with van der Waals surface area (Å²) in [5.74, 6) is 0.699. The Morgan fingerprint density at radius 1 is 1.16 bits per heavy atom. The first kappa shape index (κ1) is 22.6. The maximum Gasteiger partial charge on any atom is 0.217 e. The van der Waals surface area contributed by atoms with E-state index in [1.54, 1.807) is 25.0 Å². The lowest BCUT2D eigenvalue weighted by molar-refractivity contribution is 0.0941. The summed E-state index contributed by atoms with van der Waals surface area (Å²) in [7, 11) is -2.24. The van der Waals surface area contributed by atoms with Crippen LogP contribution in [0.4, 0.5) is 5.69 Å². The van der Waals surface area contributed by atoms with Gasteiger partial charge in [0.15, 0.2) is 0 Å². The minimum Gasteiger partial charge on any atom is -0.474 e. The van der Waals surface area contributed by atoms with Crippen molar-refractivity contribution in [2.24, 2.45) is 9.78 Å². The highest BCUT2D eigenvalue weighted by Crippen LogP contribution is 2.37. The lowest BCUT2D eigenvalue weighted by Gasteiger charge is -2.34. The van der Waals surface area contributed by atoms with Gasteiger partial charge in [-0.15, -0.1) is 0 Å². The average molecular weight is 453 g/mol. The van der Waals surface area contributed by atoms with Crippen molar-refractivity contribution in [2.75, 3.05) is 12.5 Å². The predicted octanol–water partition coefficient (Wildman–Crippen LogP) is 5.63. The number of aryl methyl sites for hydroxylation is 1. The average Bonchev–Trinajstić information content (AvgIpc) is 2.69. The summed E-state index contributed by atoms with van der Waals surface area (Å²) in [6, 6.07) is 7.83. The molecule has 4 rings (SSSR count). The van der Waals surface area contributed by atoms with Gasteiger partial charge in [0.05, 0.1) is 16.9 Å². The summed E-state index contributed by atoms with van der Waals surface area (Å²) >= 11 is 0. The molecular formula is C25H32N4O2S. The Morgan fingerprint density at radius 2 is 1.91 bits per heavy atom. The van der Waals surface area contributed by atoms with Crippen molar-refractivity contribution in [1.82, 2.24) is 15.0 Å². The van der Waals surface area contributed by atoms with Gasteiger partial charge in [-0.05, 0) is 61.8 Å². The highest BCUT2D eigenvalue weighted by Gasteiger charge is 2.28. The summed E-state index contributed by atoms with van der Waals surface area (Å²) in [5, 5.41) is 0.999. The second-order valence-corrected chi connectivity index (χ2v) is 12.4. The number of nitrogens with zero attached hydrogens (tertiary/aromatic N) is 4. The molecule has 0 aliphatic heterocycles. The number of fused-ring (bicyclic) bond motifs is 1. The normalized spacial score (nSPS) is 16.8. The first-order valence-electron chi connectivity index (χ1n) is 11.1. The van der Waals surface area contributed by atoms with Gasteiger partial charge in [-0.3, -0.25) is 0 Å². The predicted molar refractivity (Wildman–Crippen MR) is 130 cm³/mol. The van der Waals surface area contributed by atoms with Crippen LogP contribution < -0.4 is 4.74 Å². The zero-order valence-corrected chi connectivity index (χ0v) is 20.4. The van der Waals surface area contributed by atoms with Crippen molar-refractivity contribution < 1.29 is 8.95 Å². The molecule has 0 N–H and O–H groups in total. The molecule has 0 amide bonds. The molecule has 2 heterocycles.